The van der Waals surface area contributed by atoms with Crippen LogP contribution in [0.2, 0.25) is 0 Å². The maximum atomic E-state index is 12.6. The van der Waals surface area contributed by atoms with Crippen molar-refractivity contribution in [1.29, 1.82) is 0 Å². The van der Waals surface area contributed by atoms with Crippen LogP contribution in [0.3, 0.4) is 0 Å². The van der Waals surface area contributed by atoms with E-state index in [1.807, 2.05) is 30.5 Å². The van der Waals surface area contributed by atoms with Crippen LogP contribution in [-0.4, -0.2) is 41.2 Å². The topological polar surface area (TPSA) is 95.2 Å². The molecule has 1 aliphatic heterocycles. The highest BCUT2D eigenvalue weighted by molar-refractivity contribution is 7.99. The Kier molecular flexibility index (Phi) is 6.03. The average molecular weight is 461 g/mol. The predicted molar refractivity (Wildman–Crippen MR) is 132 cm³/mol. The van der Waals surface area contributed by atoms with Gasteiger partial charge in [-0.15, -0.1) is 0 Å². The van der Waals surface area contributed by atoms with Gasteiger partial charge in [0.2, 0.25) is 5.95 Å². The Morgan fingerprint density at radius 1 is 1.06 bits per heavy atom. The van der Waals surface area contributed by atoms with Crippen molar-refractivity contribution < 1.29 is 9.53 Å². The maximum Gasteiger partial charge on any atom is 0.326 e. The maximum absolute atomic E-state index is 12.6. The average Bonchev–Trinajstić information content (AvgIpc) is 3.50. The number of benzene rings is 2. The summed E-state index contributed by atoms with van der Waals surface area (Å²) in [6.45, 7) is 1.90. The number of fused-ring (bicyclic) bond motifs is 1. The van der Waals surface area contributed by atoms with Crippen LogP contribution in [0.25, 0.3) is 10.9 Å². The third-order valence-corrected chi connectivity index (χ3v) is 6.43. The Morgan fingerprint density at radius 2 is 1.85 bits per heavy atom. The van der Waals surface area contributed by atoms with Crippen molar-refractivity contribution in [1.82, 2.24) is 15.0 Å². The first-order valence-electron chi connectivity index (χ1n) is 10.8. The first kappa shape index (κ1) is 21.1. The van der Waals surface area contributed by atoms with Crippen molar-refractivity contribution in [2.24, 2.45) is 0 Å². The van der Waals surface area contributed by atoms with Crippen LogP contribution in [0.4, 0.5) is 22.2 Å². The van der Waals surface area contributed by atoms with Gasteiger partial charge < -0.3 is 19.9 Å². The van der Waals surface area contributed by atoms with Crippen LogP contribution in [0.5, 0.6) is 5.75 Å². The second kappa shape index (κ2) is 9.41. The van der Waals surface area contributed by atoms with E-state index >= 15 is 0 Å². The third-order valence-electron chi connectivity index (χ3n) is 5.46. The molecule has 1 aliphatic rings. The number of amides is 2. The number of aromatic amines is 1. The minimum atomic E-state index is -0.401. The van der Waals surface area contributed by atoms with Crippen LogP contribution in [0.15, 0.2) is 70.7 Å². The Hall–Kier alpha value is -3.72. The number of nitrogens with one attached hydrogen (secondary N) is 3. The Balaban J connectivity index is 1.38. The Morgan fingerprint density at radius 3 is 2.64 bits per heavy atom. The van der Waals surface area contributed by atoms with Gasteiger partial charge >= 0.3 is 6.03 Å². The summed E-state index contributed by atoms with van der Waals surface area (Å²) in [4.78, 5) is 28.4. The molecule has 0 atom stereocenters. The van der Waals surface area contributed by atoms with E-state index < -0.39 is 6.03 Å². The molecule has 0 saturated carbocycles. The van der Waals surface area contributed by atoms with Gasteiger partial charge in [-0.05, 0) is 43.2 Å². The van der Waals surface area contributed by atoms with E-state index in [0.717, 1.165) is 58.3 Å². The SMILES string of the molecule is COc1ccc(NC(=O)Nc2nc(Sc3c[nH]c4ccccc34)cc(N3CCCC3)n2)cc1. The number of hydrogen-bond acceptors (Lipinski definition) is 6. The fourth-order valence-electron chi connectivity index (χ4n) is 3.81. The van der Waals surface area contributed by atoms with E-state index in [1.165, 1.54) is 0 Å². The Labute approximate surface area is 195 Å². The molecule has 2 aromatic heterocycles. The lowest BCUT2D eigenvalue weighted by Crippen LogP contribution is -2.23. The molecule has 33 heavy (non-hydrogen) atoms. The summed E-state index contributed by atoms with van der Waals surface area (Å²) in [6.07, 6.45) is 4.25. The molecule has 9 heteroatoms. The number of H-pyrrole nitrogens is 1. The molecular weight excluding hydrogens is 436 g/mol. The number of nitrogens with zero attached hydrogens (tertiary/aromatic N) is 3. The summed E-state index contributed by atoms with van der Waals surface area (Å²) in [7, 11) is 1.60. The second-order valence-corrected chi connectivity index (χ2v) is 8.75. The van der Waals surface area contributed by atoms with Crippen molar-refractivity contribution in [3.05, 3.63) is 60.8 Å². The van der Waals surface area contributed by atoms with Gasteiger partial charge in [-0.2, -0.15) is 4.98 Å². The van der Waals surface area contributed by atoms with E-state index in [2.05, 4.69) is 36.6 Å². The van der Waals surface area contributed by atoms with Gasteiger partial charge in [0.25, 0.3) is 0 Å². The molecule has 0 radical (unpaired) electrons. The van der Waals surface area contributed by atoms with Gasteiger partial charge in [0.1, 0.15) is 16.6 Å². The van der Waals surface area contributed by atoms with Crippen molar-refractivity contribution >= 4 is 46.1 Å². The standard InChI is InChI=1S/C24H24N6O2S/c1-32-17-10-8-16(9-11-17)26-24(31)29-23-27-21(30-12-4-5-13-30)14-22(28-23)33-20-15-25-19-7-3-2-6-18(19)20/h2-3,6-11,14-15,25H,4-5,12-13H2,1H3,(H2,26,27,28,29,31). The molecule has 3 heterocycles. The molecule has 0 unspecified atom stereocenters. The number of methoxy groups -OCH3 is 1. The van der Waals surface area contributed by atoms with Gasteiger partial charge in [0.05, 0.1) is 7.11 Å². The lowest BCUT2D eigenvalue weighted by molar-refractivity contribution is 0.262. The van der Waals surface area contributed by atoms with Crippen molar-refractivity contribution in [3.8, 4) is 5.75 Å². The fourth-order valence-corrected chi connectivity index (χ4v) is 4.74. The van der Waals surface area contributed by atoms with E-state index in [9.17, 15) is 4.79 Å². The molecule has 0 aliphatic carbocycles. The summed E-state index contributed by atoms with van der Waals surface area (Å²) in [6, 6.07) is 16.9. The molecule has 0 bridgehead atoms. The van der Waals surface area contributed by atoms with E-state index in [1.54, 1.807) is 43.1 Å². The van der Waals surface area contributed by atoms with Gasteiger partial charge in [-0.25, -0.2) is 9.78 Å². The lowest BCUT2D eigenvalue weighted by Gasteiger charge is -2.18. The third kappa shape index (κ3) is 4.88. The molecular formula is C24H24N6O2S. The molecule has 1 fully saturated rings. The summed E-state index contributed by atoms with van der Waals surface area (Å²) in [5.41, 5.74) is 1.73. The highest BCUT2D eigenvalue weighted by atomic mass is 32.2. The number of para-hydroxylation sites is 1. The number of urea groups is 1. The first-order valence-corrected chi connectivity index (χ1v) is 11.6. The molecule has 1 saturated heterocycles. The summed E-state index contributed by atoms with van der Waals surface area (Å²) < 4.78 is 5.16. The zero-order chi connectivity index (χ0) is 22.6. The zero-order valence-corrected chi connectivity index (χ0v) is 19.0. The van der Waals surface area contributed by atoms with Crippen LogP contribution < -0.4 is 20.3 Å². The number of aromatic nitrogens is 3. The molecule has 168 valence electrons. The van der Waals surface area contributed by atoms with E-state index in [0.29, 0.717) is 5.69 Å². The van der Waals surface area contributed by atoms with Gasteiger partial charge in [-0.1, -0.05) is 30.0 Å². The quantitative estimate of drug-likeness (QED) is 0.335. The number of rotatable bonds is 6. The second-order valence-electron chi connectivity index (χ2n) is 7.69. The molecule has 5 rings (SSSR count). The fraction of sp³-hybridized carbons (Fsp3) is 0.208. The van der Waals surface area contributed by atoms with Crippen molar-refractivity contribution in [3.63, 3.8) is 0 Å². The minimum Gasteiger partial charge on any atom is -0.497 e. The summed E-state index contributed by atoms with van der Waals surface area (Å²) in [5, 5.41) is 7.51. The number of carbonyl (C=O) groups is 1. The van der Waals surface area contributed by atoms with Crippen LogP contribution in [0, 0.1) is 0 Å². The monoisotopic (exact) mass is 460 g/mol. The largest absolute Gasteiger partial charge is 0.497 e. The highest BCUT2D eigenvalue weighted by Gasteiger charge is 2.18. The van der Waals surface area contributed by atoms with Gasteiger partial charge in [0.15, 0.2) is 0 Å². The summed E-state index contributed by atoms with van der Waals surface area (Å²) >= 11 is 1.55. The van der Waals surface area contributed by atoms with Crippen molar-refractivity contribution in [2.75, 3.05) is 35.7 Å². The van der Waals surface area contributed by atoms with E-state index in [-0.39, 0.29) is 5.95 Å². The Bertz CT molecular complexity index is 1270. The first-order chi connectivity index (χ1) is 16.2. The van der Waals surface area contributed by atoms with Gasteiger partial charge in [-0.3, -0.25) is 5.32 Å². The molecule has 2 amide bonds. The van der Waals surface area contributed by atoms with Crippen LogP contribution in [0.1, 0.15) is 12.8 Å². The molecule has 3 N–H and O–H groups in total. The highest BCUT2D eigenvalue weighted by Crippen LogP contribution is 2.34. The smallest absolute Gasteiger partial charge is 0.326 e. The molecule has 2 aromatic carbocycles. The van der Waals surface area contributed by atoms with Crippen LogP contribution in [-0.2, 0) is 0 Å². The zero-order valence-electron chi connectivity index (χ0n) is 18.2. The van der Waals surface area contributed by atoms with E-state index in [4.69, 9.17) is 4.74 Å². The number of hydrogen-bond donors (Lipinski definition) is 3. The van der Waals surface area contributed by atoms with Crippen molar-refractivity contribution in [2.45, 2.75) is 22.8 Å². The number of carbonyl (C=O) groups excluding carboxylic acids is 1. The number of ether oxygens (including phenoxy) is 1. The normalized spacial score (nSPS) is 13.3. The van der Waals surface area contributed by atoms with Crippen LogP contribution >= 0.6 is 11.8 Å². The molecule has 0 spiro atoms. The lowest BCUT2D eigenvalue weighted by atomic mass is 10.2. The van der Waals surface area contributed by atoms with Gasteiger partial charge in [0, 0.05) is 46.8 Å². The minimum absolute atomic E-state index is 0.271. The summed E-state index contributed by atoms with van der Waals surface area (Å²) in [5.74, 6) is 1.82. The number of anilines is 3. The predicted octanol–water partition coefficient (Wildman–Crippen LogP) is 5.36. The molecule has 8 nitrogen and oxygen atoms in total. The molecule has 4 aromatic rings.